The van der Waals surface area contributed by atoms with Gasteiger partial charge in [-0.1, -0.05) is 18.2 Å². The minimum atomic E-state index is -0.0808. The fraction of sp³-hybridized carbons (Fsp3) is 0.286. The first-order valence-corrected chi connectivity index (χ1v) is 7.16. The molecule has 0 aliphatic rings. The molecular weight excluding hydrogens is 258 g/mol. The van der Waals surface area contributed by atoms with Crippen molar-refractivity contribution in [1.82, 2.24) is 9.97 Å². The van der Waals surface area contributed by atoms with Crippen LogP contribution in [0.15, 0.2) is 47.9 Å². The third-order valence-electron chi connectivity index (χ3n) is 2.58. The number of nitrogens with zero attached hydrogens (tertiary/aromatic N) is 2. The summed E-state index contributed by atoms with van der Waals surface area (Å²) in [5, 5.41) is 0.930. The lowest BCUT2D eigenvalue weighted by Crippen LogP contribution is -2.14. The molecule has 1 aromatic heterocycles. The van der Waals surface area contributed by atoms with E-state index in [9.17, 15) is 0 Å². The van der Waals surface area contributed by atoms with E-state index in [0.29, 0.717) is 6.61 Å². The van der Waals surface area contributed by atoms with Crippen LogP contribution in [0.1, 0.15) is 18.5 Å². The van der Waals surface area contributed by atoms with Gasteiger partial charge in [0.05, 0.1) is 11.6 Å². The Morgan fingerprint density at radius 1 is 1.32 bits per heavy atom. The Morgan fingerprint density at radius 3 is 2.89 bits per heavy atom. The van der Waals surface area contributed by atoms with Gasteiger partial charge in [0.1, 0.15) is 12.1 Å². The lowest BCUT2D eigenvalue weighted by molar-refractivity contribution is 0.335. The molecule has 0 amide bonds. The van der Waals surface area contributed by atoms with Gasteiger partial charge in [-0.15, -0.1) is 11.8 Å². The molecule has 0 radical (unpaired) electrons. The highest BCUT2D eigenvalue weighted by atomic mass is 32.2. The van der Waals surface area contributed by atoms with Crippen LogP contribution in [0.4, 0.5) is 0 Å². The Labute approximate surface area is 117 Å². The molecule has 0 bridgehead atoms. The summed E-state index contributed by atoms with van der Waals surface area (Å²) in [5.41, 5.74) is 7.26. The first kappa shape index (κ1) is 13.8. The van der Waals surface area contributed by atoms with Gasteiger partial charge in [0.15, 0.2) is 0 Å². The summed E-state index contributed by atoms with van der Waals surface area (Å²) in [7, 11) is 0. The third-order valence-corrected chi connectivity index (χ3v) is 3.65. The Kier molecular flexibility index (Phi) is 5.18. The Morgan fingerprint density at radius 2 is 2.16 bits per heavy atom. The monoisotopic (exact) mass is 275 g/mol. The maximum absolute atomic E-state index is 6.23. The minimum absolute atomic E-state index is 0.0808. The van der Waals surface area contributed by atoms with Crippen LogP contribution in [0, 0.1) is 0 Å². The summed E-state index contributed by atoms with van der Waals surface area (Å²) in [4.78, 5) is 8.06. The number of hydrogen-bond acceptors (Lipinski definition) is 5. The molecule has 5 heteroatoms. The molecule has 0 saturated heterocycles. The molecule has 1 heterocycles. The number of para-hydroxylation sites is 1. The van der Waals surface area contributed by atoms with Crippen LogP contribution in [0.5, 0.6) is 5.75 Å². The number of benzene rings is 1. The van der Waals surface area contributed by atoms with Crippen LogP contribution in [0.3, 0.4) is 0 Å². The van der Waals surface area contributed by atoms with E-state index in [0.717, 1.165) is 22.1 Å². The Bertz CT molecular complexity index is 507. The second-order valence-corrected chi connectivity index (χ2v) is 4.98. The Balaban J connectivity index is 2.01. The molecular formula is C14H17N3OS. The highest BCUT2D eigenvalue weighted by molar-refractivity contribution is 7.99. The largest absolute Gasteiger partial charge is 0.494 e. The summed E-state index contributed by atoms with van der Waals surface area (Å²) in [6.45, 7) is 2.61. The molecule has 2 aromatic rings. The van der Waals surface area contributed by atoms with E-state index in [-0.39, 0.29) is 6.04 Å². The lowest BCUT2D eigenvalue weighted by atomic mass is 10.1. The van der Waals surface area contributed by atoms with Crippen molar-refractivity contribution < 1.29 is 4.74 Å². The van der Waals surface area contributed by atoms with E-state index < -0.39 is 0 Å². The molecule has 1 unspecified atom stereocenters. The topological polar surface area (TPSA) is 61.0 Å². The van der Waals surface area contributed by atoms with E-state index >= 15 is 0 Å². The Hall–Kier alpha value is -1.59. The summed E-state index contributed by atoms with van der Waals surface area (Å²) >= 11 is 1.62. The zero-order valence-electron chi connectivity index (χ0n) is 10.8. The normalized spacial score (nSPS) is 12.1. The van der Waals surface area contributed by atoms with Crippen molar-refractivity contribution in [2.24, 2.45) is 5.73 Å². The van der Waals surface area contributed by atoms with Gasteiger partial charge >= 0.3 is 0 Å². The third kappa shape index (κ3) is 3.94. The molecule has 0 spiro atoms. The average Bonchev–Trinajstić information content (AvgIpc) is 2.47. The van der Waals surface area contributed by atoms with Crippen molar-refractivity contribution >= 4 is 11.8 Å². The van der Waals surface area contributed by atoms with Gasteiger partial charge in [-0.2, -0.15) is 0 Å². The molecule has 0 aliphatic carbocycles. The summed E-state index contributed by atoms with van der Waals surface area (Å²) in [6.07, 6.45) is 3.27. The quantitative estimate of drug-likeness (QED) is 0.648. The van der Waals surface area contributed by atoms with Crippen molar-refractivity contribution in [1.29, 1.82) is 0 Å². The fourth-order valence-corrected chi connectivity index (χ4v) is 2.51. The van der Waals surface area contributed by atoms with E-state index in [1.54, 1.807) is 24.3 Å². The molecule has 0 fully saturated rings. The highest BCUT2D eigenvalue weighted by Crippen LogP contribution is 2.27. The van der Waals surface area contributed by atoms with Gasteiger partial charge in [-0.3, -0.25) is 0 Å². The first-order chi connectivity index (χ1) is 9.31. The van der Waals surface area contributed by atoms with Gasteiger partial charge in [0.2, 0.25) is 0 Å². The number of rotatable bonds is 6. The van der Waals surface area contributed by atoms with Crippen molar-refractivity contribution in [3.8, 4) is 5.75 Å². The van der Waals surface area contributed by atoms with Crippen molar-refractivity contribution in [3.63, 3.8) is 0 Å². The number of nitrogens with two attached hydrogens (primary N) is 1. The SMILES string of the molecule is CCOc1ccccc1C(N)CSc1ccncn1. The number of aromatic nitrogens is 2. The number of thioether (sulfide) groups is 1. The molecule has 2 N–H and O–H groups in total. The van der Waals surface area contributed by atoms with E-state index in [2.05, 4.69) is 9.97 Å². The van der Waals surface area contributed by atoms with E-state index in [4.69, 9.17) is 10.5 Å². The molecule has 1 aromatic carbocycles. The molecule has 100 valence electrons. The molecule has 0 aliphatic heterocycles. The van der Waals surface area contributed by atoms with Crippen LogP contribution < -0.4 is 10.5 Å². The van der Waals surface area contributed by atoms with Gasteiger partial charge in [0, 0.05) is 23.6 Å². The molecule has 19 heavy (non-hydrogen) atoms. The fourth-order valence-electron chi connectivity index (χ4n) is 1.70. The molecule has 1 atom stereocenters. The predicted molar refractivity (Wildman–Crippen MR) is 77.3 cm³/mol. The van der Waals surface area contributed by atoms with Crippen molar-refractivity contribution in [3.05, 3.63) is 48.4 Å². The van der Waals surface area contributed by atoms with E-state index in [1.165, 1.54) is 0 Å². The van der Waals surface area contributed by atoms with Crippen LogP contribution in [-0.2, 0) is 0 Å². The van der Waals surface area contributed by atoms with Crippen LogP contribution in [0.2, 0.25) is 0 Å². The van der Waals surface area contributed by atoms with Crippen molar-refractivity contribution in [2.75, 3.05) is 12.4 Å². The standard InChI is InChI=1S/C14H17N3OS/c1-2-18-13-6-4-3-5-11(13)12(15)9-19-14-7-8-16-10-17-14/h3-8,10,12H,2,9,15H2,1H3. The summed E-state index contributed by atoms with van der Waals surface area (Å²) in [5.74, 6) is 1.61. The van der Waals surface area contributed by atoms with Crippen LogP contribution in [0.25, 0.3) is 0 Å². The maximum atomic E-state index is 6.23. The smallest absolute Gasteiger partial charge is 0.124 e. The van der Waals surface area contributed by atoms with Gasteiger partial charge in [-0.05, 0) is 19.1 Å². The molecule has 2 rings (SSSR count). The summed E-state index contributed by atoms with van der Waals surface area (Å²) in [6, 6.07) is 9.70. The molecule has 4 nitrogen and oxygen atoms in total. The van der Waals surface area contributed by atoms with Crippen LogP contribution >= 0.6 is 11.8 Å². The van der Waals surface area contributed by atoms with Gasteiger partial charge in [-0.25, -0.2) is 9.97 Å². The second kappa shape index (κ2) is 7.11. The average molecular weight is 275 g/mol. The van der Waals surface area contributed by atoms with E-state index in [1.807, 2.05) is 37.3 Å². The second-order valence-electron chi connectivity index (χ2n) is 3.94. The van der Waals surface area contributed by atoms with Gasteiger partial charge in [0.25, 0.3) is 0 Å². The minimum Gasteiger partial charge on any atom is -0.494 e. The summed E-state index contributed by atoms with van der Waals surface area (Å²) < 4.78 is 5.60. The predicted octanol–water partition coefficient (Wildman–Crippen LogP) is 2.67. The van der Waals surface area contributed by atoms with Crippen LogP contribution in [-0.4, -0.2) is 22.3 Å². The number of hydrogen-bond donors (Lipinski definition) is 1. The molecule has 0 saturated carbocycles. The zero-order valence-corrected chi connectivity index (χ0v) is 11.6. The first-order valence-electron chi connectivity index (χ1n) is 6.17. The zero-order chi connectivity index (χ0) is 13.5. The maximum Gasteiger partial charge on any atom is 0.124 e. The number of ether oxygens (including phenoxy) is 1. The van der Waals surface area contributed by atoms with Gasteiger partial charge < -0.3 is 10.5 Å². The van der Waals surface area contributed by atoms with Crippen molar-refractivity contribution in [2.45, 2.75) is 18.0 Å². The highest BCUT2D eigenvalue weighted by Gasteiger charge is 2.12. The lowest BCUT2D eigenvalue weighted by Gasteiger charge is -2.15.